The van der Waals surface area contributed by atoms with Gasteiger partial charge in [-0.3, -0.25) is 9.59 Å². The molecule has 50 heavy (non-hydrogen) atoms. The molecular weight excluding hydrogens is 668 g/mol. The van der Waals surface area contributed by atoms with Crippen molar-refractivity contribution < 1.29 is 22.8 Å². The second kappa shape index (κ2) is 11.6. The first kappa shape index (κ1) is 34.2. The fraction of sp³-hybridized carbons (Fsp3) is 0.286. The summed E-state index contributed by atoms with van der Waals surface area (Å²) in [5.41, 5.74) is 7.73. The van der Waals surface area contributed by atoms with E-state index in [9.17, 15) is 22.8 Å². The summed E-state index contributed by atoms with van der Waals surface area (Å²) in [6, 6.07) is 17.8. The monoisotopic (exact) mass is 707 g/mol. The van der Waals surface area contributed by atoms with E-state index in [0.717, 1.165) is 21.0 Å². The minimum Gasteiger partial charge on any atom is -0.325 e. The second-order valence-electron chi connectivity index (χ2n) is 15.4. The smallest absolute Gasteiger partial charge is 0.325 e. The van der Waals surface area contributed by atoms with Crippen molar-refractivity contribution in [3.05, 3.63) is 133 Å². The van der Waals surface area contributed by atoms with Crippen molar-refractivity contribution >= 4 is 58.5 Å². The predicted molar refractivity (Wildman–Crippen MR) is 202 cm³/mol. The molecule has 1 aromatic heterocycles. The Labute approximate surface area is 296 Å². The number of carbonyl (C=O) groups is 2. The Morgan fingerprint density at radius 3 is 2.06 bits per heavy atom. The SMILES string of the molecule is Cc1cc(N2c3sc(C=C4C(=O)c5ccccc5C4=O)cc3C(C)(C)C3=CC(c4c(C)cc([Si](C)(C)C)cc4C)=CCC32)ccc1C(F)(F)F. The molecule has 1 atom stereocenters. The standard InChI is InChI=1S/C42H40F3NO2SSi/c1-23-17-27(14-15-33(23)42(43,44)45)46-36-16-13-26(37-24(2)18-29(19-25(37)3)50(6,7)8)20-34(36)41(4,5)35-22-28(49-40(35)46)21-32-38(47)30-11-9-10-12-31(30)39(32)48/h9-15,17-22,36H,16H2,1-8H3. The van der Waals surface area contributed by atoms with Crippen molar-refractivity contribution in [2.75, 3.05) is 4.90 Å². The van der Waals surface area contributed by atoms with Crippen LogP contribution >= 0.6 is 11.3 Å². The summed E-state index contributed by atoms with van der Waals surface area (Å²) in [6.45, 7) is 17.3. The summed E-state index contributed by atoms with van der Waals surface area (Å²) < 4.78 is 41.6. The lowest BCUT2D eigenvalue weighted by molar-refractivity contribution is -0.138. The molecule has 3 aromatic carbocycles. The molecule has 3 nitrogen and oxygen atoms in total. The van der Waals surface area contributed by atoms with E-state index in [1.54, 1.807) is 42.5 Å². The van der Waals surface area contributed by atoms with Crippen molar-refractivity contribution in [2.45, 2.75) is 78.3 Å². The maximum atomic E-state index is 13.9. The number of alkyl halides is 3. The Bertz CT molecular complexity index is 2170. The largest absolute Gasteiger partial charge is 0.416 e. The molecule has 1 aliphatic heterocycles. The third-order valence-electron chi connectivity index (χ3n) is 10.6. The van der Waals surface area contributed by atoms with Crippen molar-refractivity contribution in [2.24, 2.45) is 0 Å². The summed E-state index contributed by atoms with van der Waals surface area (Å²) in [6.07, 6.45) is 2.47. The van der Waals surface area contributed by atoms with E-state index in [2.05, 4.69) is 82.6 Å². The van der Waals surface area contributed by atoms with Crippen molar-refractivity contribution in [1.82, 2.24) is 0 Å². The van der Waals surface area contributed by atoms with Crippen LogP contribution in [0.3, 0.4) is 0 Å². The van der Waals surface area contributed by atoms with Crippen LogP contribution < -0.4 is 10.1 Å². The van der Waals surface area contributed by atoms with Gasteiger partial charge in [-0.25, -0.2) is 0 Å². The highest BCUT2D eigenvalue weighted by atomic mass is 32.1. The third-order valence-corrected chi connectivity index (χ3v) is 13.7. The number of hydrogen-bond donors (Lipinski definition) is 0. The molecule has 0 fully saturated rings. The quantitative estimate of drug-likeness (QED) is 0.120. The van der Waals surface area contributed by atoms with E-state index >= 15 is 0 Å². The predicted octanol–water partition coefficient (Wildman–Crippen LogP) is 10.9. The highest BCUT2D eigenvalue weighted by Gasteiger charge is 2.45. The van der Waals surface area contributed by atoms with Gasteiger partial charge in [-0.15, -0.1) is 11.3 Å². The normalized spacial score (nSPS) is 18.4. The van der Waals surface area contributed by atoms with Gasteiger partial charge in [-0.2, -0.15) is 13.2 Å². The van der Waals surface area contributed by atoms with Gasteiger partial charge in [0.2, 0.25) is 0 Å². The zero-order valence-corrected chi connectivity index (χ0v) is 31.4. The zero-order chi connectivity index (χ0) is 36.1. The van der Waals surface area contributed by atoms with E-state index in [-0.39, 0.29) is 28.7 Å². The molecule has 256 valence electrons. The number of rotatable bonds is 4. The summed E-state index contributed by atoms with van der Waals surface area (Å²) in [5, 5.41) is 2.33. The highest BCUT2D eigenvalue weighted by molar-refractivity contribution is 7.17. The molecule has 0 saturated carbocycles. The molecule has 7 rings (SSSR count). The average Bonchev–Trinajstić information content (AvgIpc) is 3.56. The number of Topliss-reactive ketones (excluding diaryl/α,β-unsaturated/α-hetero) is 2. The zero-order valence-electron chi connectivity index (χ0n) is 29.6. The summed E-state index contributed by atoms with van der Waals surface area (Å²) in [5.74, 6) is -0.579. The minimum atomic E-state index is -4.45. The number of anilines is 2. The number of carbonyl (C=O) groups excluding carboxylic acids is 2. The van der Waals surface area contributed by atoms with Gasteiger partial charge >= 0.3 is 6.18 Å². The van der Waals surface area contributed by atoms with Crippen LogP contribution in [0.25, 0.3) is 11.6 Å². The number of aryl methyl sites for hydroxylation is 3. The van der Waals surface area contributed by atoms with Gasteiger partial charge in [-0.05, 0) is 96.5 Å². The summed E-state index contributed by atoms with van der Waals surface area (Å²) in [4.78, 5) is 29.6. The maximum absolute atomic E-state index is 13.9. The lowest BCUT2D eigenvalue weighted by Gasteiger charge is -2.48. The number of allylic oxidation sites excluding steroid dienone is 3. The van der Waals surface area contributed by atoms with Crippen molar-refractivity contribution in [3.63, 3.8) is 0 Å². The van der Waals surface area contributed by atoms with Crippen molar-refractivity contribution in [1.29, 1.82) is 0 Å². The fourth-order valence-electron chi connectivity index (χ4n) is 7.91. The summed E-state index contributed by atoms with van der Waals surface area (Å²) >= 11 is 1.47. The number of fused-ring (bicyclic) bond motifs is 3. The van der Waals surface area contributed by atoms with Gasteiger partial charge in [0.1, 0.15) is 5.00 Å². The molecule has 2 aliphatic carbocycles. The van der Waals surface area contributed by atoms with Gasteiger partial charge in [0.05, 0.1) is 25.3 Å². The van der Waals surface area contributed by atoms with Crippen LogP contribution in [-0.4, -0.2) is 25.7 Å². The van der Waals surface area contributed by atoms with Crippen LogP contribution in [0.15, 0.2) is 84.0 Å². The molecular formula is C42H40F3NO2SSi. The molecule has 0 saturated heterocycles. The Balaban J connectivity index is 1.39. The van der Waals surface area contributed by atoms with E-state index in [4.69, 9.17) is 0 Å². The molecule has 1 unspecified atom stereocenters. The number of ketones is 2. The molecule has 8 heteroatoms. The Kier molecular flexibility index (Phi) is 7.96. The third kappa shape index (κ3) is 5.48. The first-order chi connectivity index (χ1) is 23.4. The van der Waals surface area contributed by atoms with Gasteiger partial charge in [0.25, 0.3) is 0 Å². The van der Waals surface area contributed by atoms with Crippen LogP contribution in [0, 0.1) is 20.8 Å². The second-order valence-corrected chi connectivity index (χ2v) is 21.5. The van der Waals surface area contributed by atoms with Crippen LogP contribution in [-0.2, 0) is 11.6 Å². The number of halogens is 3. The van der Waals surface area contributed by atoms with Crippen LogP contribution in [0.4, 0.5) is 23.9 Å². The van der Waals surface area contributed by atoms with Gasteiger partial charge < -0.3 is 4.90 Å². The first-order valence-corrected chi connectivity index (χ1v) is 21.3. The average molecular weight is 708 g/mol. The molecule has 0 amide bonds. The molecule has 2 heterocycles. The number of thiophene rings is 1. The lowest BCUT2D eigenvalue weighted by atomic mass is 9.68. The van der Waals surface area contributed by atoms with Gasteiger partial charge in [0.15, 0.2) is 11.6 Å². The Morgan fingerprint density at radius 2 is 1.50 bits per heavy atom. The maximum Gasteiger partial charge on any atom is 0.416 e. The van der Waals surface area contributed by atoms with E-state index in [1.165, 1.54) is 51.8 Å². The Morgan fingerprint density at radius 1 is 0.880 bits per heavy atom. The Hall–Kier alpha value is -4.27. The molecule has 4 aromatic rings. The van der Waals surface area contributed by atoms with E-state index in [1.807, 2.05) is 0 Å². The molecule has 0 spiro atoms. The first-order valence-electron chi connectivity index (χ1n) is 16.9. The number of benzene rings is 3. The topological polar surface area (TPSA) is 37.4 Å². The lowest BCUT2D eigenvalue weighted by Crippen LogP contribution is -2.45. The van der Waals surface area contributed by atoms with Crippen LogP contribution in [0.5, 0.6) is 0 Å². The highest BCUT2D eigenvalue weighted by Crippen LogP contribution is 2.55. The molecule has 3 aliphatic rings. The van der Waals surface area contributed by atoms with Gasteiger partial charge in [0, 0.05) is 27.1 Å². The molecule has 0 bridgehead atoms. The van der Waals surface area contributed by atoms with Crippen LogP contribution in [0.2, 0.25) is 19.6 Å². The van der Waals surface area contributed by atoms with Crippen LogP contribution in [0.1, 0.15) is 79.2 Å². The van der Waals surface area contributed by atoms with E-state index < -0.39 is 25.2 Å². The number of hydrogen-bond acceptors (Lipinski definition) is 4. The fourth-order valence-corrected chi connectivity index (χ4v) is 10.5. The number of nitrogens with zero attached hydrogens (tertiary/aromatic N) is 1. The van der Waals surface area contributed by atoms with Crippen molar-refractivity contribution in [3.8, 4) is 0 Å². The minimum absolute atomic E-state index is 0.132. The van der Waals surface area contributed by atoms with E-state index in [0.29, 0.717) is 23.2 Å². The molecule has 0 radical (unpaired) electrons. The van der Waals surface area contributed by atoms with Gasteiger partial charge in [-0.1, -0.05) is 87.2 Å². The summed E-state index contributed by atoms with van der Waals surface area (Å²) in [7, 11) is -1.52. The molecule has 0 N–H and O–H groups in total.